The fraction of sp³-hybridized carbons (Fsp3) is 0.417. The van der Waals surface area contributed by atoms with E-state index in [1.165, 1.54) is 0 Å². The molecular formula is C12H14BrIN2O. The van der Waals surface area contributed by atoms with E-state index < -0.39 is 0 Å². The van der Waals surface area contributed by atoms with Crippen LogP contribution < -0.4 is 10.6 Å². The van der Waals surface area contributed by atoms with Crippen molar-refractivity contribution in [3.8, 4) is 0 Å². The summed E-state index contributed by atoms with van der Waals surface area (Å²) in [6, 6.07) is 5.84. The number of halogens is 2. The van der Waals surface area contributed by atoms with E-state index in [0.29, 0.717) is 0 Å². The van der Waals surface area contributed by atoms with Crippen LogP contribution in [0.2, 0.25) is 0 Å². The van der Waals surface area contributed by atoms with Crippen molar-refractivity contribution in [3.63, 3.8) is 0 Å². The van der Waals surface area contributed by atoms with Crippen LogP contribution in [0.15, 0.2) is 22.7 Å². The summed E-state index contributed by atoms with van der Waals surface area (Å²) in [6.07, 6.45) is 3.22. The predicted molar refractivity (Wildman–Crippen MR) is 81.1 cm³/mol. The largest absolute Gasteiger partial charge is 0.324 e. The van der Waals surface area contributed by atoms with Crippen molar-refractivity contribution in [2.45, 2.75) is 25.3 Å². The summed E-state index contributed by atoms with van der Waals surface area (Å²) in [5, 5.41) is 6.23. The zero-order chi connectivity index (χ0) is 12.3. The molecule has 0 saturated carbocycles. The van der Waals surface area contributed by atoms with E-state index >= 15 is 0 Å². The molecule has 1 atom stereocenters. The van der Waals surface area contributed by atoms with Gasteiger partial charge in [0.05, 0.1) is 11.7 Å². The molecule has 1 saturated heterocycles. The van der Waals surface area contributed by atoms with Gasteiger partial charge in [0.2, 0.25) is 5.91 Å². The maximum atomic E-state index is 12.0. The fourth-order valence-corrected chi connectivity index (χ4v) is 2.72. The van der Waals surface area contributed by atoms with Crippen LogP contribution in [0.4, 0.5) is 5.69 Å². The van der Waals surface area contributed by atoms with Crippen molar-refractivity contribution in [1.82, 2.24) is 5.32 Å². The molecular weight excluding hydrogens is 395 g/mol. The molecule has 1 amide bonds. The van der Waals surface area contributed by atoms with Gasteiger partial charge in [-0.05, 0) is 60.2 Å². The van der Waals surface area contributed by atoms with Gasteiger partial charge in [-0.2, -0.15) is 0 Å². The van der Waals surface area contributed by atoms with E-state index in [2.05, 4.69) is 49.2 Å². The second kappa shape index (κ2) is 6.15. The first-order valence-corrected chi connectivity index (χ1v) is 7.53. The van der Waals surface area contributed by atoms with Crippen LogP contribution in [-0.4, -0.2) is 18.5 Å². The maximum absolute atomic E-state index is 12.0. The molecule has 92 valence electrons. The fourth-order valence-electron chi connectivity index (χ4n) is 1.89. The Morgan fingerprint density at radius 3 is 3.00 bits per heavy atom. The summed E-state index contributed by atoms with van der Waals surface area (Å²) in [5.41, 5.74) is 0.873. The van der Waals surface area contributed by atoms with Gasteiger partial charge in [0.1, 0.15) is 0 Å². The summed E-state index contributed by atoms with van der Waals surface area (Å²) in [4.78, 5) is 12.0. The highest BCUT2D eigenvalue weighted by Gasteiger charge is 2.20. The number of hydrogen-bond acceptors (Lipinski definition) is 2. The predicted octanol–water partition coefficient (Wildman–Crippen LogP) is 3.13. The summed E-state index contributed by atoms with van der Waals surface area (Å²) in [7, 11) is 0. The van der Waals surface area contributed by atoms with Crippen LogP contribution in [0, 0.1) is 3.57 Å². The minimum absolute atomic E-state index is 0.0430. The van der Waals surface area contributed by atoms with Crippen LogP contribution in [0.5, 0.6) is 0 Å². The second-order valence-corrected chi connectivity index (χ2v) is 6.19. The SMILES string of the molecule is O=C(Nc1cc(Br)ccc1I)[C@@H]1CCCCN1. The molecule has 2 rings (SSSR count). The molecule has 17 heavy (non-hydrogen) atoms. The van der Waals surface area contributed by atoms with Gasteiger partial charge in [-0.3, -0.25) is 4.79 Å². The van der Waals surface area contributed by atoms with Crippen LogP contribution in [0.1, 0.15) is 19.3 Å². The lowest BCUT2D eigenvalue weighted by atomic mass is 10.0. The first-order chi connectivity index (χ1) is 8.16. The third-order valence-electron chi connectivity index (χ3n) is 2.81. The molecule has 0 radical (unpaired) electrons. The zero-order valence-electron chi connectivity index (χ0n) is 9.30. The average molecular weight is 409 g/mol. The lowest BCUT2D eigenvalue weighted by molar-refractivity contribution is -0.118. The minimum atomic E-state index is -0.0430. The molecule has 0 aromatic heterocycles. The average Bonchev–Trinajstić information content (AvgIpc) is 2.35. The first kappa shape index (κ1) is 13.3. The Morgan fingerprint density at radius 2 is 2.29 bits per heavy atom. The lowest BCUT2D eigenvalue weighted by Gasteiger charge is -2.22. The van der Waals surface area contributed by atoms with E-state index in [0.717, 1.165) is 39.5 Å². The molecule has 1 aromatic carbocycles. The molecule has 1 aliphatic heterocycles. The van der Waals surface area contributed by atoms with Crippen molar-refractivity contribution in [1.29, 1.82) is 0 Å². The van der Waals surface area contributed by atoms with Crippen molar-refractivity contribution < 1.29 is 4.79 Å². The number of carbonyl (C=O) groups is 1. The Bertz CT molecular complexity index is 419. The normalized spacial score (nSPS) is 20.0. The number of hydrogen-bond donors (Lipinski definition) is 2. The summed E-state index contributed by atoms with van der Waals surface area (Å²) >= 11 is 5.64. The maximum Gasteiger partial charge on any atom is 0.241 e. The summed E-state index contributed by atoms with van der Waals surface area (Å²) in [5.74, 6) is 0.0701. The first-order valence-electron chi connectivity index (χ1n) is 5.66. The highest BCUT2D eigenvalue weighted by molar-refractivity contribution is 14.1. The molecule has 2 N–H and O–H groups in total. The highest BCUT2D eigenvalue weighted by atomic mass is 127. The van der Waals surface area contributed by atoms with Crippen LogP contribution >= 0.6 is 38.5 Å². The number of nitrogens with one attached hydrogen (secondary N) is 2. The highest BCUT2D eigenvalue weighted by Crippen LogP contribution is 2.23. The van der Waals surface area contributed by atoms with E-state index in [9.17, 15) is 4.79 Å². The number of piperidine rings is 1. The number of amides is 1. The van der Waals surface area contributed by atoms with Crippen molar-refractivity contribution in [3.05, 3.63) is 26.2 Å². The number of benzene rings is 1. The third-order valence-corrected chi connectivity index (χ3v) is 4.25. The molecule has 5 heteroatoms. The van der Waals surface area contributed by atoms with Gasteiger partial charge < -0.3 is 10.6 Å². The quantitative estimate of drug-likeness (QED) is 0.738. The van der Waals surface area contributed by atoms with Gasteiger partial charge in [-0.25, -0.2) is 0 Å². The molecule has 0 spiro atoms. The smallest absolute Gasteiger partial charge is 0.241 e. The van der Waals surface area contributed by atoms with E-state index in [4.69, 9.17) is 0 Å². The third kappa shape index (κ3) is 3.66. The summed E-state index contributed by atoms with van der Waals surface area (Å²) < 4.78 is 2.03. The van der Waals surface area contributed by atoms with E-state index in [1.54, 1.807) is 0 Å². The zero-order valence-corrected chi connectivity index (χ0v) is 13.0. The van der Waals surface area contributed by atoms with E-state index in [1.807, 2.05) is 18.2 Å². The minimum Gasteiger partial charge on any atom is -0.324 e. The van der Waals surface area contributed by atoms with Crippen molar-refractivity contribution in [2.75, 3.05) is 11.9 Å². The van der Waals surface area contributed by atoms with Crippen LogP contribution in [0.3, 0.4) is 0 Å². The van der Waals surface area contributed by atoms with Crippen LogP contribution in [0.25, 0.3) is 0 Å². The van der Waals surface area contributed by atoms with Gasteiger partial charge in [0.25, 0.3) is 0 Å². The Balaban J connectivity index is 2.04. The second-order valence-electron chi connectivity index (χ2n) is 4.12. The molecule has 0 aliphatic carbocycles. The molecule has 1 heterocycles. The topological polar surface area (TPSA) is 41.1 Å². The summed E-state index contributed by atoms with van der Waals surface area (Å²) in [6.45, 7) is 0.938. The van der Waals surface area contributed by atoms with Gasteiger partial charge >= 0.3 is 0 Å². The Labute approximate surface area is 123 Å². The molecule has 0 bridgehead atoms. The standard InChI is InChI=1S/C12H14BrIN2O/c13-8-4-5-9(14)11(7-8)16-12(17)10-3-1-2-6-15-10/h4-5,7,10,15H,1-3,6H2,(H,16,17)/t10-/m0/s1. The molecule has 1 aliphatic rings. The van der Waals surface area contributed by atoms with Gasteiger partial charge in [-0.15, -0.1) is 0 Å². The lowest BCUT2D eigenvalue weighted by Crippen LogP contribution is -2.43. The van der Waals surface area contributed by atoms with Crippen molar-refractivity contribution in [2.24, 2.45) is 0 Å². The van der Waals surface area contributed by atoms with Crippen molar-refractivity contribution >= 4 is 50.1 Å². The van der Waals surface area contributed by atoms with Gasteiger partial charge in [0, 0.05) is 8.04 Å². The monoisotopic (exact) mass is 408 g/mol. The van der Waals surface area contributed by atoms with E-state index in [-0.39, 0.29) is 11.9 Å². The number of anilines is 1. The Hall–Kier alpha value is -0.140. The molecule has 1 fully saturated rings. The number of rotatable bonds is 2. The van der Waals surface area contributed by atoms with Gasteiger partial charge in [0.15, 0.2) is 0 Å². The molecule has 0 unspecified atom stereocenters. The van der Waals surface area contributed by atoms with Crippen LogP contribution in [-0.2, 0) is 4.79 Å². The molecule has 1 aromatic rings. The molecule has 3 nitrogen and oxygen atoms in total. The van der Waals surface area contributed by atoms with Gasteiger partial charge in [-0.1, -0.05) is 22.4 Å². The Kier molecular flexibility index (Phi) is 4.81. The number of carbonyl (C=O) groups excluding carboxylic acids is 1. The Morgan fingerprint density at radius 1 is 1.47 bits per heavy atom.